The first kappa shape index (κ1) is 20.3. The fourth-order valence-corrected chi connectivity index (χ4v) is 3.62. The van der Waals surface area contributed by atoms with E-state index >= 15 is 0 Å². The number of unbranched alkanes of at least 4 members (excludes halogenated alkanes) is 1. The van der Waals surface area contributed by atoms with Gasteiger partial charge in [-0.1, -0.05) is 59.6 Å². The van der Waals surface area contributed by atoms with Crippen LogP contribution in [0, 0.1) is 0 Å². The maximum absolute atomic E-state index is 12.3. The zero-order chi connectivity index (χ0) is 19.8. The second kappa shape index (κ2) is 10.2. The van der Waals surface area contributed by atoms with Gasteiger partial charge in [0.15, 0.2) is 5.13 Å². The number of aromatic nitrogens is 1. The highest BCUT2D eigenvalue weighted by molar-refractivity contribution is 9.10. The monoisotopic (exact) mass is 456 g/mol. The number of hydrogen-bond acceptors (Lipinski definition) is 4. The zero-order valence-electron chi connectivity index (χ0n) is 15.5. The highest BCUT2D eigenvalue weighted by atomic mass is 79.9. The van der Waals surface area contributed by atoms with E-state index in [1.165, 1.54) is 17.4 Å². The summed E-state index contributed by atoms with van der Waals surface area (Å²) in [6, 6.07) is 15.6. The number of amides is 1. The van der Waals surface area contributed by atoms with E-state index in [0.29, 0.717) is 11.7 Å². The number of nitrogens with one attached hydrogen (secondary N) is 1. The molecule has 6 heteroatoms. The predicted molar refractivity (Wildman–Crippen MR) is 120 cm³/mol. The highest BCUT2D eigenvalue weighted by Crippen LogP contribution is 2.27. The van der Waals surface area contributed by atoms with Crippen LogP contribution in [0.2, 0.25) is 0 Å². The summed E-state index contributed by atoms with van der Waals surface area (Å²) in [7, 11) is 0. The van der Waals surface area contributed by atoms with Gasteiger partial charge in [-0.2, -0.15) is 0 Å². The number of benzene rings is 2. The van der Waals surface area contributed by atoms with Gasteiger partial charge in [0.2, 0.25) is 5.91 Å². The van der Waals surface area contributed by atoms with Crippen molar-refractivity contribution in [2.24, 2.45) is 0 Å². The molecule has 0 radical (unpaired) electrons. The van der Waals surface area contributed by atoms with Crippen LogP contribution in [0.25, 0.3) is 17.3 Å². The molecule has 0 unspecified atom stereocenters. The van der Waals surface area contributed by atoms with Gasteiger partial charge in [0.25, 0.3) is 0 Å². The maximum atomic E-state index is 12.3. The summed E-state index contributed by atoms with van der Waals surface area (Å²) >= 11 is 4.86. The number of halogens is 1. The fourth-order valence-electron chi connectivity index (χ4n) is 2.50. The Morgan fingerprint density at radius 2 is 2.11 bits per heavy atom. The molecule has 3 rings (SSSR count). The van der Waals surface area contributed by atoms with Crippen LogP contribution < -0.4 is 10.1 Å². The summed E-state index contributed by atoms with van der Waals surface area (Å²) in [6.07, 6.45) is 5.35. The molecule has 0 saturated carbocycles. The van der Waals surface area contributed by atoms with Gasteiger partial charge in [-0.3, -0.25) is 10.1 Å². The summed E-state index contributed by atoms with van der Waals surface area (Å²) in [5.74, 6) is 0.560. The molecule has 1 N–H and O–H groups in total. The molecule has 0 saturated heterocycles. The Labute approximate surface area is 177 Å². The van der Waals surface area contributed by atoms with E-state index in [1.807, 2.05) is 53.9 Å². The number of nitrogens with zero attached hydrogens (tertiary/aromatic N) is 1. The molecular formula is C22H21BrN2O2S. The van der Waals surface area contributed by atoms with Crippen LogP contribution in [0.4, 0.5) is 5.13 Å². The first-order valence-electron chi connectivity index (χ1n) is 9.08. The summed E-state index contributed by atoms with van der Waals surface area (Å²) in [4.78, 5) is 16.8. The molecule has 3 aromatic rings. The number of thiazole rings is 1. The number of carbonyl (C=O) groups excluding carboxylic acids is 1. The third kappa shape index (κ3) is 5.78. The SMILES string of the molecule is CCCCOc1ccccc1/C=C/C(=O)Nc1nc(-c2cccc(Br)c2)cs1. The van der Waals surface area contributed by atoms with E-state index < -0.39 is 0 Å². The second-order valence-corrected chi connectivity index (χ2v) is 7.88. The summed E-state index contributed by atoms with van der Waals surface area (Å²) in [5, 5.41) is 5.31. The number of carbonyl (C=O) groups is 1. The summed E-state index contributed by atoms with van der Waals surface area (Å²) in [5.41, 5.74) is 2.71. The lowest BCUT2D eigenvalue weighted by atomic mass is 10.2. The summed E-state index contributed by atoms with van der Waals surface area (Å²) in [6.45, 7) is 2.80. The van der Waals surface area contributed by atoms with Crippen LogP contribution in [0.5, 0.6) is 5.75 Å². The van der Waals surface area contributed by atoms with Gasteiger partial charge in [-0.05, 0) is 30.7 Å². The molecule has 0 bridgehead atoms. The van der Waals surface area contributed by atoms with Crippen LogP contribution in [-0.2, 0) is 4.79 Å². The molecule has 0 aliphatic carbocycles. The Balaban J connectivity index is 1.63. The molecule has 1 amide bonds. The number of hydrogen-bond donors (Lipinski definition) is 1. The number of anilines is 1. The van der Waals surface area contributed by atoms with E-state index in [9.17, 15) is 4.79 Å². The van der Waals surface area contributed by atoms with E-state index in [0.717, 1.165) is 39.9 Å². The van der Waals surface area contributed by atoms with Crippen molar-refractivity contribution in [2.45, 2.75) is 19.8 Å². The van der Waals surface area contributed by atoms with E-state index in [1.54, 1.807) is 6.08 Å². The molecule has 0 fully saturated rings. The van der Waals surface area contributed by atoms with Crippen molar-refractivity contribution in [3.8, 4) is 17.0 Å². The molecule has 0 aliphatic heterocycles. The third-order valence-electron chi connectivity index (χ3n) is 3.94. The van der Waals surface area contributed by atoms with Gasteiger partial charge >= 0.3 is 0 Å². The molecule has 0 spiro atoms. The molecule has 1 aromatic heterocycles. The molecule has 2 aromatic carbocycles. The minimum atomic E-state index is -0.224. The first-order valence-corrected chi connectivity index (χ1v) is 10.8. The van der Waals surface area contributed by atoms with Crippen molar-refractivity contribution in [2.75, 3.05) is 11.9 Å². The van der Waals surface area contributed by atoms with E-state index in [4.69, 9.17) is 4.74 Å². The van der Waals surface area contributed by atoms with Crippen LogP contribution in [-0.4, -0.2) is 17.5 Å². The van der Waals surface area contributed by atoms with Gasteiger partial charge in [-0.25, -0.2) is 4.98 Å². The highest BCUT2D eigenvalue weighted by Gasteiger charge is 2.07. The number of ether oxygens (including phenoxy) is 1. The third-order valence-corrected chi connectivity index (χ3v) is 5.19. The predicted octanol–water partition coefficient (Wildman–Crippen LogP) is 6.40. The Kier molecular flexibility index (Phi) is 7.39. The van der Waals surface area contributed by atoms with Crippen molar-refractivity contribution in [3.63, 3.8) is 0 Å². The lowest BCUT2D eigenvalue weighted by Gasteiger charge is -2.08. The average molecular weight is 457 g/mol. The van der Waals surface area contributed by atoms with Gasteiger partial charge in [-0.15, -0.1) is 11.3 Å². The molecular weight excluding hydrogens is 436 g/mol. The van der Waals surface area contributed by atoms with Gasteiger partial charge < -0.3 is 4.74 Å². The second-order valence-electron chi connectivity index (χ2n) is 6.11. The standard InChI is InChI=1S/C22H21BrN2O2S/c1-2-3-13-27-20-10-5-4-7-16(20)11-12-21(26)25-22-24-19(15-28-22)17-8-6-9-18(23)14-17/h4-12,14-15H,2-3,13H2,1H3,(H,24,25,26)/b12-11+. The summed E-state index contributed by atoms with van der Waals surface area (Å²) < 4.78 is 6.78. The first-order chi connectivity index (χ1) is 13.7. The van der Waals surface area contributed by atoms with Gasteiger partial charge in [0.1, 0.15) is 5.75 Å². The Morgan fingerprint density at radius 1 is 1.25 bits per heavy atom. The van der Waals surface area contributed by atoms with Crippen molar-refractivity contribution in [1.82, 2.24) is 4.98 Å². The largest absolute Gasteiger partial charge is 0.493 e. The Bertz CT molecular complexity index is 968. The fraction of sp³-hybridized carbons (Fsp3) is 0.182. The van der Waals surface area contributed by atoms with Gasteiger partial charge in [0, 0.05) is 27.1 Å². The van der Waals surface area contributed by atoms with Crippen LogP contribution in [0.3, 0.4) is 0 Å². The number of rotatable bonds is 8. The lowest BCUT2D eigenvalue weighted by Crippen LogP contribution is -2.07. The van der Waals surface area contributed by atoms with Crippen LogP contribution in [0.15, 0.2) is 64.5 Å². The zero-order valence-corrected chi connectivity index (χ0v) is 17.9. The van der Waals surface area contributed by atoms with Crippen LogP contribution in [0.1, 0.15) is 25.3 Å². The normalized spacial score (nSPS) is 10.9. The van der Waals surface area contributed by atoms with Crippen molar-refractivity contribution in [1.29, 1.82) is 0 Å². The number of para-hydroxylation sites is 1. The molecule has 0 atom stereocenters. The average Bonchev–Trinajstić information content (AvgIpc) is 3.16. The topological polar surface area (TPSA) is 51.2 Å². The molecule has 4 nitrogen and oxygen atoms in total. The molecule has 28 heavy (non-hydrogen) atoms. The molecule has 1 heterocycles. The quantitative estimate of drug-likeness (QED) is 0.314. The maximum Gasteiger partial charge on any atom is 0.250 e. The van der Waals surface area contributed by atoms with Crippen molar-refractivity contribution >= 4 is 44.4 Å². The van der Waals surface area contributed by atoms with Crippen molar-refractivity contribution < 1.29 is 9.53 Å². The lowest BCUT2D eigenvalue weighted by molar-refractivity contribution is -0.111. The van der Waals surface area contributed by atoms with Crippen molar-refractivity contribution in [3.05, 3.63) is 70.0 Å². The van der Waals surface area contributed by atoms with E-state index in [-0.39, 0.29) is 5.91 Å². The minimum Gasteiger partial charge on any atom is -0.493 e. The van der Waals surface area contributed by atoms with E-state index in [2.05, 4.69) is 33.2 Å². The Morgan fingerprint density at radius 3 is 2.93 bits per heavy atom. The molecule has 0 aliphatic rings. The van der Waals surface area contributed by atoms with Gasteiger partial charge in [0.05, 0.1) is 12.3 Å². The van der Waals surface area contributed by atoms with Crippen LogP contribution >= 0.6 is 27.3 Å². The Hall–Kier alpha value is -2.44. The smallest absolute Gasteiger partial charge is 0.250 e. The molecule has 144 valence electrons. The minimum absolute atomic E-state index is 0.224.